The van der Waals surface area contributed by atoms with Crippen LogP contribution in [0.5, 0.6) is 0 Å². The molecule has 4 nitrogen and oxygen atoms in total. The van der Waals surface area contributed by atoms with Gasteiger partial charge in [0.05, 0.1) is 5.57 Å². The Bertz CT molecular complexity index is 419. The van der Waals surface area contributed by atoms with Gasteiger partial charge in [-0.3, -0.25) is 0 Å². The number of carbonyl (C=O) groups excluding carboxylic acids is 2. The molecule has 0 atom stereocenters. The van der Waals surface area contributed by atoms with Crippen LogP contribution in [0.4, 0.5) is 0 Å². The van der Waals surface area contributed by atoms with E-state index in [0.717, 1.165) is 11.1 Å². The summed E-state index contributed by atoms with van der Waals surface area (Å²) in [7, 11) is 0. The highest BCUT2D eigenvalue weighted by Crippen LogP contribution is 2.10. The summed E-state index contributed by atoms with van der Waals surface area (Å²) >= 11 is 0. The van der Waals surface area contributed by atoms with Gasteiger partial charge in [0.2, 0.25) is 0 Å². The fourth-order valence-electron chi connectivity index (χ4n) is 1.17. The molecule has 0 bridgehead atoms. The van der Waals surface area contributed by atoms with E-state index in [9.17, 15) is 9.59 Å². The SMILES string of the molecule is C=C(C)C(=O)OCCOC(=O)C(C=C(C)C)=C(C)C. The highest BCUT2D eigenvalue weighted by Gasteiger charge is 2.11. The molecule has 0 rings (SSSR count). The van der Waals surface area contributed by atoms with Gasteiger partial charge in [-0.25, -0.2) is 9.59 Å². The molecule has 0 aromatic heterocycles. The minimum absolute atomic E-state index is 0.0301. The molecule has 0 spiro atoms. The first-order chi connectivity index (χ1) is 8.75. The fourth-order valence-corrected chi connectivity index (χ4v) is 1.17. The first-order valence-electron chi connectivity index (χ1n) is 6.07. The number of allylic oxidation sites excluding steroid dienone is 2. The summed E-state index contributed by atoms with van der Waals surface area (Å²) in [6, 6.07) is 0. The Balaban J connectivity index is 4.32. The molecule has 0 amide bonds. The quantitative estimate of drug-likeness (QED) is 0.321. The van der Waals surface area contributed by atoms with Crippen LogP contribution in [0.1, 0.15) is 34.6 Å². The van der Waals surface area contributed by atoms with Gasteiger partial charge < -0.3 is 9.47 Å². The summed E-state index contributed by atoms with van der Waals surface area (Å²) in [5, 5.41) is 0. The first-order valence-corrected chi connectivity index (χ1v) is 6.07. The summed E-state index contributed by atoms with van der Waals surface area (Å²) < 4.78 is 9.88. The largest absolute Gasteiger partial charge is 0.459 e. The molecule has 106 valence electrons. The molecule has 4 heteroatoms. The standard InChI is InChI=1S/C15H22O4/c1-10(2)9-13(11(3)4)15(17)19-8-7-18-14(16)12(5)6/h9H,5,7-8H2,1-4,6H3. The molecule has 0 N–H and O–H groups in total. The molecule has 0 radical (unpaired) electrons. The van der Waals surface area contributed by atoms with E-state index in [1.54, 1.807) is 13.0 Å². The van der Waals surface area contributed by atoms with Crippen molar-refractivity contribution < 1.29 is 19.1 Å². The highest BCUT2D eigenvalue weighted by atomic mass is 16.6. The molecule has 0 aliphatic rings. The lowest BCUT2D eigenvalue weighted by Gasteiger charge is -2.08. The summed E-state index contributed by atoms with van der Waals surface area (Å²) in [4.78, 5) is 22.9. The lowest BCUT2D eigenvalue weighted by molar-refractivity contribution is -0.147. The molecule has 0 fully saturated rings. The van der Waals surface area contributed by atoms with Crippen molar-refractivity contribution in [3.8, 4) is 0 Å². The van der Waals surface area contributed by atoms with Gasteiger partial charge in [-0.15, -0.1) is 0 Å². The van der Waals surface area contributed by atoms with E-state index in [0.29, 0.717) is 11.1 Å². The van der Waals surface area contributed by atoms with E-state index in [1.807, 2.05) is 27.7 Å². The third-order valence-corrected chi connectivity index (χ3v) is 2.09. The minimum Gasteiger partial charge on any atom is -0.459 e. The number of hydrogen-bond donors (Lipinski definition) is 0. The predicted octanol–water partition coefficient (Wildman–Crippen LogP) is 2.95. The number of ether oxygens (including phenoxy) is 2. The summed E-state index contributed by atoms with van der Waals surface area (Å²) in [6.45, 7) is 12.6. The third-order valence-electron chi connectivity index (χ3n) is 2.09. The lowest BCUT2D eigenvalue weighted by Crippen LogP contribution is -2.15. The average Bonchev–Trinajstić information content (AvgIpc) is 2.30. The second-order valence-corrected chi connectivity index (χ2v) is 4.69. The van der Waals surface area contributed by atoms with Crippen LogP contribution < -0.4 is 0 Å². The highest BCUT2D eigenvalue weighted by molar-refractivity contribution is 5.92. The van der Waals surface area contributed by atoms with Crippen LogP contribution in [0.25, 0.3) is 0 Å². The van der Waals surface area contributed by atoms with Crippen molar-refractivity contribution in [1.29, 1.82) is 0 Å². The van der Waals surface area contributed by atoms with Crippen molar-refractivity contribution >= 4 is 11.9 Å². The van der Waals surface area contributed by atoms with Gasteiger partial charge in [-0.05, 0) is 40.7 Å². The zero-order valence-electron chi connectivity index (χ0n) is 12.3. The smallest absolute Gasteiger partial charge is 0.338 e. The van der Waals surface area contributed by atoms with E-state index >= 15 is 0 Å². The number of carbonyl (C=O) groups is 2. The summed E-state index contributed by atoms with van der Waals surface area (Å²) in [5.74, 6) is -0.893. The minimum atomic E-state index is -0.484. The number of esters is 2. The van der Waals surface area contributed by atoms with Gasteiger partial charge in [-0.2, -0.15) is 0 Å². The monoisotopic (exact) mass is 266 g/mol. The Hall–Kier alpha value is -1.84. The van der Waals surface area contributed by atoms with E-state index in [4.69, 9.17) is 9.47 Å². The normalized spacial score (nSPS) is 9.32. The van der Waals surface area contributed by atoms with E-state index in [1.165, 1.54) is 0 Å². The average molecular weight is 266 g/mol. The van der Waals surface area contributed by atoms with E-state index < -0.39 is 11.9 Å². The van der Waals surface area contributed by atoms with Crippen molar-refractivity contribution in [2.24, 2.45) is 0 Å². The van der Waals surface area contributed by atoms with Crippen LogP contribution in [0.2, 0.25) is 0 Å². The van der Waals surface area contributed by atoms with Gasteiger partial charge >= 0.3 is 11.9 Å². The number of rotatable bonds is 6. The predicted molar refractivity (Wildman–Crippen MR) is 74.5 cm³/mol. The summed E-state index contributed by atoms with van der Waals surface area (Å²) in [5.41, 5.74) is 2.75. The van der Waals surface area contributed by atoms with Crippen LogP contribution in [0.15, 0.2) is 34.9 Å². The molecule has 0 saturated carbocycles. The lowest BCUT2D eigenvalue weighted by atomic mass is 10.1. The fraction of sp³-hybridized carbons (Fsp3) is 0.467. The Kier molecular flexibility index (Phi) is 7.49. The Morgan fingerprint density at radius 1 is 0.947 bits per heavy atom. The molecule has 0 heterocycles. The molecular formula is C15H22O4. The molecule has 0 aromatic carbocycles. The second kappa shape index (κ2) is 8.29. The molecular weight excluding hydrogens is 244 g/mol. The number of hydrogen-bond acceptors (Lipinski definition) is 4. The van der Waals surface area contributed by atoms with Crippen LogP contribution in [-0.2, 0) is 19.1 Å². The third kappa shape index (κ3) is 7.24. The second-order valence-electron chi connectivity index (χ2n) is 4.69. The Morgan fingerprint density at radius 2 is 1.42 bits per heavy atom. The Labute approximate surface area is 114 Å². The van der Waals surface area contributed by atoms with Crippen LogP contribution >= 0.6 is 0 Å². The summed E-state index contributed by atoms with van der Waals surface area (Å²) in [6.07, 6.45) is 1.78. The van der Waals surface area contributed by atoms with Crippen molar-refractivity contribution in [2.75, 3.05) is 13.2 Å². The van der Waals surface area contributed by atoms with E-state index in [2.05, 4.69) is 6.58 Å². The van der Waals surface area contributed by atoms with Crippen LogP contribution in [0, 0.1) is 0 Å². The van der Waals surface area contributed by atoms with Crippen molar-refractivity contribution in [3.63, 3.8) is 0 Å². The topological polar surface area (TPSA) is 52.6 Å². The van der Waals surface area contributed by atoms with Gasteiger partial charge in [0, 0.05) is 5.57 Å². The van der Waals surface area contributed by atoms with Gasteiger partial charge in [0.15, 0.2) is 0 Å². The van der Waals surface area contributed by atoms with Crippen molar-refractivity contribution in [3.05, 3.63) is 34.9 Å². The van der Waals surface area contributed by atoms with Crippen molar-refractivity contribution in [1.82, 2.24) is 0 Å². The van der Waals surface area contributed by atoms with Gasteiger partial charge in [0.25, 0.3) is 0 Å². The van der Waals surface area contributed by atoms with Crippen LogP contribution in [0.3, 0.4) is 0 Å². The van der Waals surface area contributed by atoms with Gasteiger partial charge in [-0.1, -0.05) is 17.7 Å². The maximum Gasteiger partial charge on any atom is 0.338 e. The first kappa shape index (κ1) is 17.2. The zero-order valence-corrected chi connectivity index (χ0v) is 12.3. The van der Waals surface area contributed by atoms with Crippen LogP contribution in [-0.4, -0.2) is 25.2 Å². The molecule has 0 aromatic rings. The Morgan fingerprint density at radius 3 is 1.79 bits per heavy atom. The molecule has 0 aliphatic carbocycles. The molecule has 0 saturated heterocycles. The van der Waals surface area contributed by atoms with Gasteiger partial charge in [0.1, 0.15) is 13.2 Å². The van der Waals surface area contributed by atoms with E-state index in [-0.39, 0.29) is 13.2 Å². The van der Waals surface area contributed by atoms with Crippen molar-refractivity contribution in [2.45, 2.75) is 34.6 Å². The maximum absolute atomic E-state index is 11.8. The molecule has 0 aliphatic heterocycles. The maximum atomic E-state index is 11.8. The molecule has 19 heavy (non-hydrogen) atoms. The molecule has 0 unspecified atom stereocenters. The zero-order chi connectivity index (χ0) is 15.0.